The van der Waals surface area contributed by atoms with Crippen LogP contribution >= 0.6 is 11.6 Å². The fourth-order valence-electron chi connectivity index (χ4n) is 3.57. The standard InChI is InChI=1S/C19H13ClFNO4S/c1-10-19(13-4-3-12(21)7-16(13)22(10)8-18(23)24)15-9-27(25,26)17-5-2-11(20)6-14(15)17/h2-7,9H,8H2,1H3,(H,23,24). The van der Waals surface area contributed by atoms with Crippen molar-refractivity contribution in [1.29, 1.82) is 0 Å². The van der Waals surface area contributed by atoms with Crippen LogP contribution in [0.1, 0.15) is 16.8 Å². The zero-order chi connectivity index (χ0) is 19.5. The van der Waals surface area contributed by atoms with Crippen molar-refractivity contribution < 1.29 is 22.7 Å². The molecule has 1 N–H and O–H groups in total. The molecular weight excluding hydrogens is 393 g/mol. The van der Waals surface area contributed by atoms with Crippen LogP contribution in [0.4, 0.5) is 4.39 Å². The number of rotatable bonds is 3. The Bertz CT molecular complexity index is 1270. The maximum absolute atomic E-state index is 13.8. The Kier molecular flexibility index (Phi) is 3.90. The van der Waals surface area contributed by atoms with E-state index >= 15 is 0 Å². The van der Waals surface area contributed by atoms with Gasteiger partial charge in [0, 0.05) is 38.2 Å². The van der Waals surface area contributed by atoms with Crippen molar-refractivity contribution in [3.05, 3.63) is 69.5 Å². The van der Waals surface area contributed by atoms with Gasteiger partial charge >= 0.3 is 5.97 Å². The number of aromatic nitrogens is 1. The molecule has 3 aromatic rings. The number of carboxylic acids is 1. The van der Waals surface area contributed by atoms with Crippen LogP contribution in [0.2, 0.25) is 5.02 Å². The molecule has 27 heavy (non-hydrogen) atoms. The Morgan fingerprint density at radius 2 is 1.96 bits per heavy atom. The molecule has 138 valence electrons. The average Bonchev–Trinajstić information content (AvgIpc) is 2.98. The summed E-state index contributed by atoms with van der Waals surface area (Å²) in [5.74, 6) is -1.59. The second-order valence-electron chi connectivity index (χ2n) is 6.32. The predicted octanol–water partition coefficient (Wildman–Crippen LogP) is 4.00. The summed E-state index contributed by atoms with van der Waals surface area (Å²) in [7, 11) is -3.65. The van der Waals surface area contributed by atoms with Crippen LogP contribution in [0.5, 0.6) is 0 Å². The molecule has 0 aliphatic carbocycles. The Labute approximate surface area is 159 Å². The van der Waals surface area contributed by atoms with E-state index in [0.29, 0.717) is 38.3 Å². The van der Waals surface area contributed by atoms with Crippen LogP contribution in [0.3, 0.4) is 0 Å². The lowest BCUT2D eigenvalue weighted by Crippen LogP contribution is -2.10. The van der Waals surface area contributed by atoms with Gasteiger partial charge in [-0.05, 0) is 43.3 Å². The first-order valence-electron chi connectivity index (χ1n) is 7.96. The number of nitrogens with zero attached hydrogens (tertiary/aromatic N) is 1. The molecule has 0 bridgehead atoms. The minimum Gasteiger partial charge on any atom is -0.480 e. The van der Waals surface area contributed by atoms with E-state index in [1.807, 2.05) is 0 Å². The summed E-state index contributed by atoms with van der Waals surface area (Å²) in [5.41, 5.74) is 2.34. The van der Waals surface area contributed by atoms with Crippen molar-refractivity contribution in [2.45, 2.75) is 18.4 Å². The summed E-state index contributed by atoms with van der Waals surface area (Å²) in [6.45, 7) is 1.32. The second-order valence-corrected chi connectivity index (χ2v) is 8.52. The summed E-state index contributed by atoms with van der Waals surface area (Å²) >= 11 is 6.07. The highest BCUT2D eigenvalue weighted by molar-refractivity contribution is 7.95. The van der Waals surface area contributed by atoms with Gasteiger partial charge in [0.25, 0.3) is 0 Å². The summed E-state index contributed by atoms with van der Waals surface area (Å²) in [6, 6.07) is 8.56. The van der Waals surface area contributed by atoms with E-state index in [9.17, 15) is 22.7 Å². The highest BCUT2D eigenvalue weighted by Gasteiger charge is 2.31. The number of fused-ring (bicyclic) bond motifs is 2. The minimum atomic E-state index is -3.65. The quantitative estimate of drug-likeness (QED) is 0.714. The first kappa shape index (κ1) is 17.8. The number of carboxylic acid groups (broad SMARTS) is 1. The van der Waals surface area contributed by atoms with Gasteiger partial charge in [0.05, 0.1) is 10.4 Å². The van der Waals surface area contributed by atoms with Crippen LogP contribution in [-0.4, -0.2) is 24.1 Å². The third-order valence-electron chi connectivity index (χ3n) is 4.66. The topological polar surface area (TPSA) is 76.4 Å². The van der Waals surface area contributed by atoms with E-state index in [1.165, 1.54) is 34.9 Å². The van der Waals surface area contributed by atoms with E-state index < -0.39 is 21.6 Å². The minimum absolute atomic E-state index is 0.141. The number of hydrogen-bond donors (Lipinski definition) is 1. The molecule has 0 radical (unpaired) electrons. The largest absolute Gasteiger partial charge is 0.480 e. The van der Waals surface area contributed by atoms with Crippen molar-refractivity contribution in [2.24, 2.45) is 0 Å². The third kappa shape index (κ3) is 2.74. The molecule has 0 atom stereocenters. The smallest absolute Gasteiger partial charge is 0.323 e. The van der Waals surface area contributed by atoms with Crippen molar-refractivity contribution in [3.8, 4) is 0 Å². The molecule has 2 heterocycles. The van der Waals surface area contributed by atoms with E-state index in [-0.39, 0.29) is 11.4 Å². The zero-order valence-corrected chi connectivity index (χ0v) is 15.6. The predicted molar refractivity (Wildman–Crippen MR) is 100.0 cm³/mol. The van der Waals surface area contributed by atoms with Crippen LogP contribution < -0.4 is 0 Å². The molecule has 0 fully saturated rings. The third-order valence-corrected chi connectivity index (χ3v) is 6.41. The van der Waals surface area contributed by atoms with Gasteiger partial charge in [-0.25, -0.2) is 12.8 Å². The summed E-state index contributed by atoms with van der Waals surface area (Å²) in [5, 5.41) is 11.3. The monoisotopic (exact) mass is 405 g/mol. The number of carbonyl (C=O) groups is 1. The van der Waals surface area contributed by atoms with Gasteiger partial charge in [0.15, 0.2) is 0 Å². The second kappa shape index (κ2) is 5.94. The number of aliphatic carboxylic acids is 1. The molecule has 1 aliphatic rings. The number of benzene rings is 2. The van der Waals surface area contributed by atoms with Gasteiger partial charge in [0.1, 0.15) is 12.4 Å². The molecule has 0 saturated carbocycles. The van der Waals surface area contributed by atoms with E-state index in [0.717, 1.165) is 5.41 Å². The fraction of sp³-hybridized carbons (Fsp3) is 0.105. The Morgan fingerprint density at radius 1 is 1.22 bits per heavy atom. The fourth-order valence-corrected chi connectivity index (χ4v) is 5.15. The van der Waals surface area contributed by atoms with Gasteiger partial charge in [-0.1, -0.05) is 11.6 Å². The summed E-state index contributed by atoms with van der Waals surface area (Å²) in [4.78, 5) is 11.4. The summed E-state index contributed by atoms with van der Waals surface area (Å²) in [6.07, 6.45) is 0. The molecule has 0 unspecified atom stereocenters. The maximum Gasteiger partial charge on any atom is 0.323 e. The molecular formula is C19H13ClFNO4S. The lowest BCUT2D eigenvalue weighted by Gasteiger charge is -2.08. The molecule has 8 heteroatoms. The van der Waals surface area contributed by atoms with Crippen LogP contribution in [0, 0.1) is 12.7 Å². The first-order chi connectivity index (χ1) is 12.7. The molecule has 5 nitrogen and oxygen atoms in total. The number of sulfone groups is 1. The SMILES string of the molecule is Cc1c(C2=CS(=O)(=O)c3ccc(Cl)cc32)c2ccc(F)cc2n1CC(=O)O. The van der Waals surface area contributed by atoms with Gasteiger partial charge < -0.3 is 9.67 Å². The molecule has 0 amide bonds. The van der Waals surface area contributed by atoms with Crippen LogP contribution in [-0.2, 0) is 21.2 Å². The molecule has 2 aromatic carbocycles. The number of hydrogen-bond acceptors (Lipinski definition) is 3. The van der Waals surface area contributed by atoms with E-state index in [4.69, 9.17) is 11.6 Å². The van der Waals surface area contributed by atoms with Crippen molar-refractivity contribution in [2.75, 3.05) is 0 Å². The van der Waals surface area contributed by atoms with Gasteiger partial charge in [-0.3, -0.25) is 4.79 Å². The van der Waals surface area contributed by atoms with Gasteiger partial charge in [-0.2, -0.15) is 0 Å². The Hall–Kier alpha value is -2.64. The Balaban J connectivity index is 2.09. The van der Waals surface area contributed by atoms with Crippen molar-refractivity contribution in [1.82, 2.24) is 4.57 Å². The van der Waals surface area contributed by atoms with E-state index in [2.05, 4.69) is 0 Å². The van der Waals surface area contributed by atoms with Crippen molar-refractivity contribution >= 4 is 43.9 Å². The zero-order valence-electron chi connectivity index (χ0n) is 14.0. The van der Waals surface area contributed by atoms with Crippen LogP contribution in [0.25, 0.3) is 16.5 Å². The van der Waals surface area contributed by atoms with E-state index in [1.54, 1.807) is 13.0 Å². The summed E-state index contributed by atoms with van der Waals surface area (Å²) < 4.78 is 40.4. The highest BCUT2D eigenvalue weighted by atomic mass is 35.5. The molecule has 0 saturated heterocycles. The molecule has 0 spiro atoms. The lowest BCUT2D eigenvalue weighted by atomic mass is 9.97. The maximum atomic E-state index is 13.8. The van der Waals surface area contributed by atoms with Gasteiger partial charge in [-0.15, -0.1) is 0 Å². The average molecular weight is 406 g/mol. The Morgan fingerprint density at radius 3 is 2.67 bits per heavy atom. The molecule has 1 aliphatic heterocycles. The highest BCUT2D eigenvalue weighted by Crippen LogP contribution is 2.43. The number of halogens is 2. The first-order valence-corrected chi connectivity index (χ1v) is 9.88. The van der Waals surface area contributed by atoms with Crippen LogP contribution in [0.15, 0.2) is 46.7 Å². The molecule has 4 rings (SSSR count). The normalized spacial score (nSPS) is 15.0. The lowest BCUT2D eigenvalue weighted by molar-refractivity contribution is -0.137. The van der Waals surface area contributed by atoms with Gasteiger partial charge in [0.2, 0.25) is 9.84 Å². The van der Waals surface area contributed by atoms with Crippen molar-refractivity contribution in [3.63, 3.8) is 0 Å². The molecule has 1 aromatic heterocycles.